The van der Waals surface area contributed by atoms with E-state index in [2.05, 4.69) is 10.3 Å². The van der Waals surface area contributed by atoms with Gasteiger partial charge in [0, 0.05) is 21.0 Å². The van der Waals surface area contributed by atoms with Crippen molar-refractivity contribution in [3.05, 3.63) is 58.7 Å². The Hall–Kier alpha value is -2.15. The molecule has 1 amide bonds. The largest absolute Gasteiger partial charge is 0.301 e. The molecule has 0 bridgehead atoms. The highest BCUT2D eigenvalue weighted by molar-refractivity contribution is 8.00. The number of pyridine rings is 1. The first-order chi connectivity index (χ1) is 14.2. The van der Waals surface area contributed by atoms with Crippen LogP contribution in [0, 0.1) is 0 Å². The Labute approximate surface area is 181 Å². The number of rotatable bonds is 4. The minimum atomic E-state index is -0.0439. The molecule has 0 saturated carbocycles. The minimum Gasteiger partial charge on any atom is -0.301 e. The fourth-order valence-electron chi connectivity index (χ4n) is 3.74. The molecule has 0 unspecified atom stereocenters. The number of aryl methyl sites for hydroxylation is 1. The van der Waals surface area contributed by atoms with E-state index in [9.17, 15) is 4.79 Å². The second-order valence-electron chi connectivity index (χ2n) is 7.06. The molecule has 0 fully saturated rings. The molecular weight excluding hydrogens is 422 g/mol. The van der Waals surface area contributed by atoms with Gasteiger partial charge in [0.25, 0.3) is 0 Å². The number of halogens is 1. The molecule has 2 aromatic carbocycles. The summed E-state index contributed by atoms with van der Waals surface area (Å²) in [6.45, 7) is 0. The molecule has 2 aromatic heterocycles. The van der Waals surface area contributed by atoms with E-state index in [0.717, 1.165) is 46.1 Å². The summed E-state index contributed by atoms with van der Waals surface area (Å²) in [5.41, 5.74) is 4.27. The van der Waals surface area contributed by atoms with Crippen molar-refractivity contribution in [3.63, 3.8) is 0 Å². The summed E-state index contributed by atoms with van der Waals surface area (Å²) < 4.78 is 1.07. The average molecular weight is 440 g/mol. The highest BCUT2D eigenvalue weighted by Gasteiger charge is 2.19. The number of thioether (sulfide) groups is 1. The Morgan fingerprint density at radius 2 is 1.97 bits per heavy atom. The number of para-hydroxylation sites is 1. The lowest BCUT2D eigenvalue weighted by molar-refractivity contribution is -0.113. The maximum absolute atomic E-state index is 12.6. The van der Waals surface area contributed by atoms with Gasteiger partial charge in [0.1, 0.15) is 0 Å². The van der Waals surface area contributed by atoms with Crippen molar-refractivity contribution in [1.82, 2.24) is 9.97 Å². The van der Waals surface area contributed by atoms with Crippen molar-refractivity contribution >= 4 is 66.9 Å². The van der Waals surface area contributed by atoms with E-state index in [-0.39, 0.29) is 5.91 Å². The number of anilines is 1. The number of thiazole rings is 1. The first kappa shape index (κ1) is 18.9. The van der Waals surface area contributed by atoms with E-state index in [1.807, 2.05) is 42.5 Å². The molecule has 4 aromatic rings. The van der Waals surface area contributed by atoms with Crippen molar-refractivity contribution in [2.45, 2.75) is 30.6 Å². The van der Waals surface area contributed by atoms with Crippen molar-refractivity contribution in [2.24, 2.45) is 0 Å². The third-order valence-electron chi connectivity index (χ3n) is 5.06. The summed E-state index contributed by atoms with van der Waals surface area (Å²) in [4.78, 5) is 23.1. The number of amides is 1. The lowest BCUT2D eigenvalue weighted by Crippen LogP contribution is -2.14. The minimum absolute atomic E-state index is 0.0439. The maximum Gasteiger partial charge on any atom is 0.236 e. The zero-order valence-corrected chi connectivity index (χ0v) is 18.0. The van der Waals surface area contributed by atoms with Crippen molar-refractivity contribution in [1.29, 1.82) is 0 Å². The quantitative estimate of drug-likeness (QED) is 0.390. The zero-order valence-electron chi connectivity index (χ0n) is 15.6. The highest BCUT2D eigenvalue weighted by atomic mass is 35.5. The number of aromatic nitrogens is 2. The molecule has 0 saturated heterocycles. The van der Waals surface area contributed by atoms with Crippen LogP contribution < -0.4 is 5.32 Å². The molecule has 4 nitrogen and oxygen atoms in total. The SMILES string of the molecule is O=C(CSc1c2c(nc3cc(Cl)ccc13)CCCC2)Nc1nc2ccccc2s1. The van der Waals surface area contributed by atoms with Gasteiger partial charge in [-0.1, -0.05) is 41.1 Å². The number of fused-ring (bicyclic) bond motifs is 3. The van der Waals surface area contributed by atoms with Gasteiger partial charge in [0.2, 0.25) is 5.91 Å². The van der Waals surface area contributed by atoms with Gasteiger partial charge < -0.3 is 5.32 Å². The van der Waals surface area contributed by atoms with Crippen molar-refractivity contribution in [2.75, 3.05) is 11.1 Å². The predicted molar refractivity (Wildman–Crippen MR) is 122 cm³/mol. The Morgan fingerprint density at radius 1 is 1.10 bits per heavy atom. The molecule has 1 aliphatic rings. The van der Waals surface area contributed by atoms with Gasteiger partial charge in [-0.3, -0.25) is 9.78 Å². The summed E-state index contributed by atoms with van der Waals surface area (Å²) >= 11 is 9.27. The fourth-order valence-corrected chi connectivity index (χ4v) is 5.86. The zero-order chi connectivity index (χ0) is 19.8. The van der Waals surface area contributed by atoms with Crippen LogP contribution in [0.5, 0.6) is 0 Å². The van der Waals surface area contributed by atoms with Crippen LogP contribution in [-0.2, 0) is 17.6 Å². The maximum atomic E-state index is 12.6. The van der Waals surface area contributed by atoms with Crippen LogP contribution in [0.3, 0.4) is 0 Å². The van der Waals surface area contributed by atoms with Crippen LogP contribution in [0.4, 0.5) is 5.13 Å². The molecule has 1 aliphatic carbocycles. The Morgan fingerprint density at radius 3 is 2.86 bits per heavy atom. The first-order valence-electron chi connectivity index (χ1n) is 9.56. The summed E-state index contributed by atoms with van der Waals surface area (Å²) in [7, 11) is 0. The number of nitrogens with zero attached hydrogens (tertiary/aromatic N) is 2. The number of nitrogens with one attached hydrogen (secondary N) is 1. The molecule has 0 spiro atoms. The second kappa shape index (κ2) is 7.94. The van der Waals surface area contributed by atoms with E-state index in [1.54, 1.807) is 11.8 Å². The van der Waals surface area contributed by atoms with Gasteiger partial charge in [-0.05, 0) is 55.5 Å². The first-order valence-corrected chi connectivity index (χ1v) is 11.7. The normalized spacial score (nSPS) is 13.6. The molecule has 0 aliphatic heterocycles. The van der Waals surface area contributed by atoms with E-state index in [0.29, 0.717) is 15.9 Å². The van der Waals surface area contributed by atoms with Crippen LogP contribution in [0.15, 0.2) is 47.4 Å². The molecule has 5 rings (SSSR count). The van der Waals surface area contributed by atoms with Crippen LogP contribution in [-0.4, -0.2) is 21.6 Å². The molecule has 1 N–H and O–H groups in total. The van der Waals surface area contributed by atoms with Gasteiger partial charge >= 0.3 is 0 Å². The topological polar surface area (TPSA) is 54.9 Å². The van der Waals surface area contributed by atoms with Gasteiger partial charge in [-0.2, -0.15) is 0 Å². The summed E-state index contributed by atoms with van der Waals surface area (Å²) in [5, 5.41) is 5.36. The van der Waals surface area contributed by atoms with Crippen LogP contribution in [0.1, 0.15) is 24.1 Å². The third kappa shape index (κ3) is 3.84. The highest BCUT2D eigenvalue weighted by Crippen LogP contribution is 2.37. The number of hydrogen-bond donors (Lipinski definition) is 1. The summed E-state index contributed by atoms with van der Waals surface area (Å²) in [5.74, 6) is 0.293. The lowest BCUT2D eigenvalue weighted by Gasteiger charge is -2.20. The Kier molecular flexibility index (Phi) is 5.16. The molecule has 29 heavy (non-hydrogen) atoms. The molecular formula is C22H18ClN3OS2. The molecule has 0 atom stereocenters. The van der Waals surface area contributed by atoms with E-state index in [4.69, 9.17) is 16.6 Å². The molecule has 0 radical (unpaired) electrons. The average Bonchev–Trinajstić information content (AvgIpc) is 3.13. The predicted octanol–water partition coefficient (Wildman–Crippen LogP) is 6.11. The Balaban J connectivity index is 1.40. The summed E-state index contributed by atoms with van der Waals surface area (Å²) in [6.07, 6.45) is 4.33. The number of carbonyl (C=O) groups excluding carboxylic acids is 1. The number of benzene rings is 2. The third-order valence-corrected chi connectivity index (χ3v) is 7.41. The number of carbonyl (C=O) groups is 1. The Bertz CT molecular complexity index is 1200. The van der Waals surface area contributed by atoms with Gasteiger partial charge in [0.15, 0.2) is 5.13 Å². The van der Waals surface area contributed by atoms with Crippen LogP contribution >= 0.6 is 34.7 Å². The molecule has 146 valence electrons. The summed E-state index contributed by atoms with van der Waals surface area (Å²) in [6, 6.07) is 13.7. The van der Waals surface area contributed by atoms with Crippen LogP contribution in [0.25, 0.3) is 21.1 Å². The smallest absolute Gasteiger partial charge is 0.236 e. The lowest BCUT2D eigenvalue weighted by atomic mass is 9.94. The van der Waals surface area contributed by atoms with E-state index in [1.165, 1.54) is 28.2 Å². The van der Waals surface area contributed by atoms with E-state index >= 15 is 0 Å². The monoisotopic (exact) mass is 439 g/mol. The second-order valence-corrected chi connectivity index (χ2v) is 9.51. The standard InChI is InChI=1S/C22H18ClN3OS2/c23-13-9-10-15-18(11-13)24-16-6-2-1-5-14(16)21(15)28-12-20(27)26-22-25-17-7-3-4-8-19(17)29-22/h3-4,7-11H,1-2,5-6,12H2,(H,25,26,27). The van der Waals surface area contributed by atoms with Crippen molar-refractivity contribution < 1.29 is 4.79 Å². The van der Waals surface area contributed by atoms with Crippen molar-refractivity contribution in [3.8, 4) is 0 Å². The van der Waals surface area contributed by atoms with Gasteiger partial charge in [0.05, 0.1) is 21.5 Å². The number of hydrogen-bond acceptors (Lipinski definition) is 5. The van der Waals surface area contributed by atoms with Gasteiger partial charge in [-0.25, -0.2) is 4.98 Å². The fraction of sp³-hybridized carbons (Fsp3) is 0.227. The van der Waals surface area contributed by atoms with E-state index < -0.39 is 0 Å². The molecule has 2 heterocycles. The van der Waals surface area contributed by atoms with Crippen LogP contribution in [0.2, 0.25) is 5.02 Å². The molecule has 7 heteroatoms. The van der Waals surface area contributed by atoms with Gasteiger partial charge in [-0.15, -0.1) is 11.8 Å².